The molecule has 1 aromatic carbocycles. The highest BCUT2D eigenvalue weighted by molar-refractivity contribution is 7.18. The number of hydrogen-bond acceptors (Lipinski definition) is 4. The molecule has 3 nitrogen and oxygen atoms in total. The van der Waals surface area contributed by atoms with Crippen LogP contribution in [0.25, 0.3) is 10.2 Å². The highest BCUT2D eigenvalue weighted by Crippen LogP contribution is 2.25. The first-order chi connectivity index (χ1) is 7.58. The van der Waals surface area contributed by atoms with Crippen LogP contribution in [0.1, 0.15) is 29.2 Å². The lowest BCUT2D eigenvalue weighted by atomic mass is 10.2. The van der Waals surface area contributed by atoms with Gasteiger partial charge in [0.2, 0.25) is 0 Å². The van der Waals surface area contributed by atoms with Crippen LogP contribution < -0.4 is 0 Å². The zero-order valence-electron chi connectivity index (χ0n) is 9.48. The standard InChI is InChI=1S/C12H13NO2S/c1-7(2)15-12(14)9-5-4-6-10-11(9)13-8(3)16-10/h4-7H,1-3H3. The van der Waals surface area contributed by atoms with Crippen molar-refractivity contribution in [1.29, 1.82) is 0 Å². The number of aromatic nitrogens is 1. The summed E-state index contributed by atoms with van der Waals surface area (Å²) in [5, 5.41) is 0.958. The maximum Gasteiger partial charge on any atom is 0.340 e. The second-order valence-electron chi connectivity index (χ2n) is 3.84. The van der Waals surface area contributed by atoms with Gasteiger partial charge in [-0.2, -0.15) is 0 Å². The third-order valence-corrected chi connectivity index (χ3v) is 3.02. The van der Waals surface area contributed by atoms with E-state index in [2.05, 4.69) is 4.98 Å². The predicted octanol–water partition coefficient (Wildman–Crippen LogP) is 3.17. The molecule has 84 valence electrons. The zero-order valence-corrected chi connectivity index (χ0v) is 10.3. The minimum Gasteiger partial charge on any atom is -0.459 e. The first kappa shape index (κ1) is 11.1. The minimum absolute atomic E-state index is 0.109. The van der Waals surface area contributed by atoms with Crippen LogP contribution in [-0.2, 0) is 4.74 Å². The van der Waals surface area contributed by atoms with Crippen LogP contribution in [0.3, 0.4) is 0 Å². The number of nitrogens with zero attached hydrogens (tertiary/aromatic N) is 1. The van der Waals surface area contributed by atoms with E-state index in [4.69, 9.17) is 4.74 Å². The van der Waals surface area contributed by atoms with Crippen molar-refractivity contribution in [1.82, 2.24) is 4.98 Å². The number of para-hydroxylation sites is 1. The molecule has 0 amide bonds. The van der Waals surface area contributed by atoms with Gasteiger partial charge in [-0.3, -0.25) is 0 Å². The summed E-state index contributed by atoms with van der Waals surface area (Å²) in [5.41, 5.74) is 1.30. The molecule has 0 saturated heterocycles. The summed E-state index contributed by atoms with van der Waals surface area (Å²) in [4.78, 5) is 16.2. The zero-order chi connectivity index (χ0) is 11.7. The summed E-state index contributed by atoms with van der Waals surface area (Å²) in [6.07, 6.45) is -0.109. The maximum atomic E-state index is 11.8. The highest BCUT2D eigenvalue weighted by atomic mass is 32.1. The van der Waals surface area contributed by atoms with Crippen molar-refractivity contribution < 1.29 is 9.53 Å². The van der Waals surface area contributed by atoms with Crippen LogP contribution in [0, 0.1) is 6.92 Å². The molecule has 0 unspecified atom stereocenters. The van der Waals surface area contributed by atoms with E-state index in [0.717, 1.165) is 15.2 Å². The van der Waals surface area contributed by atoms with Crippen molar-refractivity contribution >= 4 is 27.5 Å². The van der Waals surface area contributed by atoms with Crippen molar-refractivity contribution in [3.8, 4) is 0 Å². The lowest BCUT2D eigenvalue weighted by molar-refractivity contribution is 0.0380. The van der Waals surface area contributed by atoms with E-state index in [1.807, 2.05) is 32.9 Å². The van der Waals surface area contributed by atoms with Gasteiger partial charge in [0, 0.05) is 0 Å². The molecule has 0 aliphatic rings. The summed E-state index contributed by atoms with van der Waals surface area (Å²) in [7, 11) is 0. The fraction of sp³-hybridized carbons (Fsp3) is 0.333. The number of rotatable bonds is 2. The number of benzene rings is 1. The maximum absolute atomic E-state index is 11.8. The van der Waals surface area contributed by atoms with E-state index >= 15 is 0 Å². The van der Waals surface area contributed by atoms with Crippen LogP contribution >= 0.6 is 11.3 Å². The van der Waals surface area contributed by atoms with Crippen molar-refractivity contribution in [3.63, 3.8) is 0 Å². The summed E-state index contributed by atoms with van der Waals surface area (Å²) >= 11 is 1.58. The molecule has 16 heavy (non-hydrogen) atoms. The number of hydrogen-bond donors (Lipinski definition) is 0. The minimum atomic E-state index is -0.300. The Kier molecular flexibility index (Phi) is 2.92. The third kappa shape index (κ3) is 2.07. The Balaban J connectivity index is 2.47. The number of esters is 1. The van der Waals surface area contributed by atoms with Gasteiger partial charge in [0.15, 0.2) is 0 Å². The molecular weight excluding hydrogens is 222 g/mol. The predicted molar refractivity (Wildman–Crippen MR) is 64.9 cm³/mol. The van der Waals surface area contributed by atoms with E-state index in [9.17, 15) is 4.79 Å². The van der Waals surface area contributed by atoms with Crippen molar-refractivity contribution in [2.24, 2.45) is 0 Å². The van der Waals surface area contributed by atoms with Gasteiger partial charge >= 0.3 is 5.97 Å². The normalized spacial score (nSPS) is 11.0. The smallest absolute Gasteiger partial charge is 0.340 e. The average Bonchev–Trinajstić information content (AvgIpc) is 2.55. The van der Waals surface area contributed by atoms with E-state index in [1.54, 1.807) is 17.4 Å². The number of aryl methyl sites for hydroxylation is 1. The average molecular weight is 235 g/mol. The Labute approximate surface area is 98.1 Å². The first-order valence-electron chi connectivity index (χ1n) is 5.15. The van der Waals surface area contributed by atoms with Gasteiger partial charge in [0.1, 0.15) is 0 Å². The van der Waals surface area contributed by atoms with Gasteiger partial charge in [-0.05, 0) is 32.9 Å². The van der Waals surface area contributed by atoms with Gasteiger partial charge in [0.05, 0.1) is 26.9 Å². The van der Waals surface area contributed by atoms with Gasteiger partial charge in [-0.15, -0.1) is 11.3 Å². The highest BCUT2D eigenvalue weighted by Gasteiger charge is 2.15. The molecule has 0 bridgehead atoms. The molecule has 2 aromatic rings. The molecule has 0 spiro atoms. The molecule has 0 saturated carbocycles. The van der Waals surface area contributed by atoms with Crippen LogP contribution in [-0.4, -0.2) is 17.1 Å². The molecule has 0 fully saturated rings. The molecule has 1 aromatic heterocycles. The van der Waals surface area contributed by atoms with Crippen molar-refractivity contribution in [3.05, 3.63) is 28.8 Å². The lowest BCUT2D eigenvalue weighted by Gasteiger charge is -2.07. The number of fused-ring (bicyclic) bond motifs is 1. The van der Waals surface area contributed by atoms with E-state index < -0.39 is 0 Å². The van der Waals surface area contributed by atoms with Crippen LogP contribution in [0.5, 0.6) is 0 Å². The van der Waals surface area contributed by atoms with Gasteiger partial charge in [0.25, 0.3) is 0 Å². The lowest BCUT2D eigenvalue weighted by Crippen LogP contribution is -2.11. The fourth-order valence-corrected chi connectivity index (χ4v) is 2.36. The molecule has 0 aliphatic carbocycles. The van der Waals surface area contributed by atoms with Crippen LogP contribution in [0.4, 0.5) is 0 Å². The van der Waals surface area contributed by atoms with E-state index in [0.29, 0.717) is 5.56 Å². The second kappa shape index (κ2) is 4.22. The summed E-state index contributed by atoms with van der Waals surface area (Å²) in [6.45, 7) is 5.61. The van der Waals surface area contributed by atoms with Gasteiger partial charge in [-0.25, -0.2) is 9.78 Å². The molecule has 2 rings (SSSR count). The topological polar surface area (TPSA) is 39.2 Å². The molecule has 1 heterocycles. The first-order valence-corrected chi connectivity index (χ1v) is 5.96. The van der Waals surface area contributed by atoms with Crippen LogP contribution in [0.2, 0.25) is 0 Å². The molecule has 0 N–H and O–H groups in total. The third-order valence-electron chi connectivity index (χ3n) is 2.09. The van der Waals surface area contributed by atoms with Crippen LogP contribution in [0.15, 0.2) is 18.2 Å². The van der Waals surface area contributed by atoms with E-state index in [-0.39, 0.29) is 12.1 Å². The Hall–Kier alpha value is -1.42. The Morgan fingerprint density at radius 2 is 2.19 bits per heavy atom. The largest absolute Gasteiger partial charge is 0.459 e. The molecule has 0 atom stereocenters. The molecule has 0 aliphatic heterocycles. The van der Waals surface area contributed by atoms with Crippen molar-refractivity contribution in [2.45, 2.75) is 26.9 Å². The Morgan fingerprint density at radius 1 is 1.44 bits per heavy atom. The second-order valence-corrected chi connectivity index (χ2v) is 5.07. The number of carbonyl (C=O) groups excluding carboxylic acids is 1. The Morgan fingerprint density at radius 3 is 2.88 bits per heavy atom. The number of thiazole rings is 1. The summed E-state index contributed by atoms with van der Waals surface area (Å²) < 4.78 is 6.20. The molecule has 0 radical (unpaired) electrons. The summed E-state index contributed by atoms with van der Waals surface area (Å²) in [6, 6.07) is 5.58. The SMILES string of the molecule is Cc1nc2c(C(=O)OC(C)C)cccc2s1. The quantitative estimate of drug-likeness (QED) is 0.750. The molecular formula is C12H13NO2S. The molecule has 4 heteroatoms. The van der Waals surface area contributed by atoms with E-state index in [1.165, 1.54) is 0 Å². The Bertz CT molecular complexity index is 531. The van der Waals surface area contributed by atoms with Gasteiger partial charge < -0.3 is 4.74 Å². The number of carbonyl (C=O) groups is 1. The monoisotopic (exact) mass is 235 g/mol. The van der Waals surface area contributed by atoms with Gasteiger partial charge in [-0.1, -0.05) is 6.07 Å². The fourth-order valence-electron chi connectivity index (χ4n) is 1.50. The number of ether oxygens (including phenoxy) is 1. The van der Waals surface area contributed by atoms with Crippen molar-refractivity contribution in [2.75, 3.05) is 0 Å². The summed E-state index contributed by atoms with van der Waals surface area (Å²) in [5.74, 6) is -0.300.